The van der Waals surface area contributed by atoms with E-state index in [0.29, 0.717) is 41.6 Å². The fraction of sp³-hybridized carbons (Fsp3) is 0.333. The van der Waals surface area contributed by atoms with Gasteiger partial charge in [-0.25, -0.2) is 0 Å². The summed E-state index contributed by atoms with van der Waals surface area (Å²) in [5.74, 6) is -0.0986. The highest BCUT2D eigenvalue weighted by atomic mass is 35.5. The van der Waals surface area contributed by atoms with Crippen LogP contribution in [0.4, 0.5) is 5.69 Å². The average molecular weight is 388 g/mol. The molecule has 6 heteroatoms. The third kappa shape index (κ3) is 3.70. The number of para-hydroxylation sites is 2. The summed E-state index contributed by atoms with van der Waals surface area (Å²) in [6.45, 7) is 4.01. The third-order valence-corrected chi connectivity index (χ3v) is 4.99. The lowest BCUT2D eigenvalue weighted by Crippen LogP contribution is -2.42. The normalized spacial score (nSPS) is 18.5. The number of aryl methyl sites for hydroxylation is 1. The fourth-order valence-electron chi connectivity index (χ4n) is 3.50. The Morgan fingerprint density at radius 2 is 1.96 bits per heavy atom. The number of amides is 1. The number of carbonyl (C=O) groups is 2. The molecule has 2 aromatic rings. The van der Waals surface area contributed by atoms with Gasteiger partial charge in [0.25, 0.3) is 5.91 Å². The van der Waals surface area contributed by atoms with Gasteiger partial charge >= 0.3 is 0 Å². The van der Waals surface area contributed by atoms with E-state index in [1.807, 2.05) is 25.1 Å². The zero-order valence-electron chi connectivity index (χ0n) is 15.4. The van der Waals surface area contributed by atoms with Crippen LogP contribution in [0.3, 0.4) is 0 Å². The Kier molecular flexibility index (Phi) is 5.53. The molecule has 27 heavy (non-hydrogen) atoms. The van der Waals surface area contributed by atoms with E-state index in [9.17, 15) is 14.7 Å². The number of Topliss-reactive ketones (excluding diaryl/α,β-unsaturated/α-hetero) is 1. The van der Waals surface area contributed by atoms with Gasteiger partial charge < -0.3 is 14.7 Å². The van der Waals surface area contributed by atoms with Crippen molar-refractivity contribution in [3.8, 4) is 5.75 Å². The molecule has 3 rings (SSSR count). The quantitative estimate of drug-likeness (QED) is 0.737. The zero-order valence-corrected chi connectivity index (χ0v) is 16.1. The number of carbonyl (C=O) groups excluding carboxylic acids is 2. The van der Waals surface area contributed by atoms with E-state index >= 15 is 0 Å². The molecule has 0 radical (unpaired) electrons. The molecule has 1 amide bonds. The summed E-state index contributed by atoms with van der Waals surface area (Å²) >= 11 is 6.07. The maximum Gasteiger partial charge on any atom is 0.264 e. The van der Waals surface area contributed by atoms with Crippen molar-refractivity contribution in [1.29, 1.82) is 0 Å². The largest absolute Gasteiger partial charge is 0.492 e. The number of rotatable bonds is 7. The predicted molar refractivity (Wildman–Crippen MR) is 104 cm³/mol. The molecule has 0 bridgehead atoms. The Hall–Kier alpha value is -2.37. The van der Waals surface area contributed by atoms with Crippen LogP contribution in [0, 0.1) is 6.92 Å². The Labute approximate surface area is 163 Å². The molecule has 1 atom stereocenters. The van der Waals surface area contributed by atoms with Crippen molar-refractivity contribution in [2.45, 2.75) is 32.3 Å². The Morgan fingerprint density at radius 3 is 2.67 bits per heavy atom. The van der Waals surface area contributed by atoms with E-state index in [4.69, 9.17) is 16.3 Å². The number of aliphatic hydroxyl groups is 1. The Balaban J connectivity index is 1.75. The van der Waals surface area contributed by atoms with Crippen molar-refractivity contribution in [2.75, 3.05) is 18.1 Å². The lowest BCUT2D eigenvalue weighted by atomic mass is 9.89. The molecule has 1 aliphatic rings. The molecular weight excluding hydrogens is 366 g/mol. The molecule has 0 spiro atoms. The summed E-state index contributed by atoms with van der Waals surface area (Å²) in [7, 11) is 0. The second kappa shape index (κ2) is 7.71. The van der Waals surface area contributed by atoms with Crippen LogP contribution in [0.5, 0.6) is 5.75 Å². The summed E-state index contributed by atoms with van der Waals surface area (Å²) in [5, 5.41) is 11.5. The number of halogens is 1. The number of ketones is 1. The van der Waals surface area contributed by atoms with Crippen LogP contribution >= 0.6 is 11.6 Å². The number of hydrogen-bond acceptors (Lipinski definition) is 4. The lowest BCUT2D eigenvalue weighted by molar-refractivity contribution is -0.141. The van der Waals surface area contributed by atoms with Gasteiger partial charge in [-0.15, -0.1) is 0 Å². The van der Waals surface area contributed by atoms with Crippen LogP contribution in [0.25, 0.3) is 0 Å². The van der Waals surface area contributed by atoms with Crippen molar-refractivity contribution < 1.29 is 19.4 Å². The molecule has 5 nitrogen and oxygen atoms in total. The summed E-state index contributed by atoms with van der Waals surface area (Å²) in [6.07, 6.45) is 0.329. The summed E-state index contributed by atoms with van der Waals surface area (Å²) in [5.41, 5.74) is 0.266. The minimum absolute atomic E-state index is 0.227. The molecule has 0 aliphatic carbocycles. The first-order valence-electron chi connectivity index (χ1n) is 8.86. The van der Waals surface area contributed by atoms with Crippen LogP contribution in [-0.4, -0.2) is 29.9 Å². The van der Waals surface area contributed by atoms with Crippen LogP contribution in [-0.2, 0) is 15.2 Å². The van der Waals surface area contributed by atoms with Crippen LogP contribution in [0.2, 0.25) is 5.02 Å². The highest BCUT2D eigenvalue weighted by molar-refractivity contribution is 6.32. The standard InChI is InChI=1S/C21H22ClNO4/c1-14-7-5-8-16-19(14)23(20(25)21(16,26)13-15(2)24)11-6-12-27-18-10-4-3-9-17(18)22/h3-5,7-10,26H,6,11-13H2,1-2H3/t21-/m1/s1. The van der Waals surface area contributed by atoms with Gasteiger partial charge in [0.1, 0.15) is 11.5 Å². The summed E-state index contributed by atoms with van der Waals surface area (Å²) in [6, 6.07) is 12.6. The van der Waals surface area contributed by atoms with E-state index in [1.165, 1.54) is 6.92 Å². The molecular formula is C21H22ClNO4. The Bertz CT molecular complexity index is 882. The van der Waals surface area contributed by atoms with Gasteiger partial charge in [-0.1, -0.05) is 41.9 Å². The SMILES string of the molecule is CC(=O)C[C@]1(O)C(=O)N(CCCOc2ccccc2Cl)c2c(C)cccc21. The van der Waals surface area contributed by atoms with E-state index in [-0.39, 0.29) is 12.2 Å². The van der Waals surface area contributed by atoms with E-state index < -0.39 is 11.5 Å². The van der Waals surface area contributed by atoms with Gasteiger partial charge in [0, 0.05) is 18.5 Å². The number of benzene rings is 2. The number of hydrogen-bond donors (Lipinski definition) is 1. The molecule has 0 saturated carbocycles. The van der Waals surface area contributed by atoms with E-state index in [0.717, 1.165) is 5.56 Å². The number of anilines is 1. The van der Waals surface area contributed by atoms with Gasteiger partial charge in [0.05, 0.1) is 17.3 Å². The number of nitrogens with zero attached hydrogens (tertiary/aromatic N) is 1. The van der Waals surface area contributed by atoms with Crippen molar-refractivity contribution in [1.82, 2.24) is 0 Å². The van der Waals surface area contributed by atoms with Crippen molar-refractivity contribution in [3.05, 3.63) is 58.6 Å². The smallest absolute Gasteiger partial charge is 0.264 e. The maximum atomic E-state index is 13.0. The summed E-state index contributed by atoms with van der Waals surface area (Å²) in [4.78, 5) is 26.1. The van der Waals surface area contributed by atoms with Crippen LogP contribution in [0.15, 0.2) is 42.5 Å². The zero-order chi connectivity index (χ0) is 19.6. The maximum absolute atomic E-state index is 13.0. The highest BCUT2D eigenvalue weighted by Crippen LogP contribution is 2.44. The predicted octanol–water partition coefficient (Wildman–Crippen LogP) is 3.63. The molecule has 0 unspecified atom stereocenters. The third-order valence-electron chi connectivity index (χ3n) is 4.68. The van der Waals surface area contributed by atoms with Crippen LogP contribution < -0.4 is 9.64 Å². The second-order valence-corrected chi connectivity index (χ2v) is 7.21. The van der Waals surface area contributed by atoms with Crippen molar-refractivity contribution in [2.24, 2.45) is 0 Å². The van der Waals surface area contributed by atoms with Gasteiger partial charge in [-0.3, -0.25) is 9.59 Å². The molecule has 1 aliphatic heterocycles. The molecule has 0 saturated heterocycles. The monoisotopic (exact) mass is 387 g/mol. The summed E-state index contributed by atoms with van der Waals surface area (Å²) < 4.78 is 5.68. The van der Waals surface area contributed by atoms with E-state index in [2.05, 4.69) is 0 Å². The minimum atomic E-state index is -1.79. The molecule has 1 heterocycles. The second-order valence-electron chi connectivity index (χ2n) is 6.80. The topological polar surface area (TPSA) is 66.8 Å². The molecule has 142 valence electrons. The van der Waals surface area contributed by atoms with E-state index in [1.54, 1.807) is 29.2 Å². The van der Waals surface area contributed by atoms with Crippen LogP contribution in [0.1, 0.15) is 30.9 Å². The fourth-order valence-corrected chi connectivity index (χ4v) is 3.69. The molecule has 0 aromatic heterocycles. The molecule has 0 fully saturated rings. The van der Waals surface area contributed by atoms with Gasteiger partial charge in [0.2, 0.25) is 0 Å². The highest BCUT2D eigenvalue weighted by Gasteiger charge is 2.50. The lowest BCUT2D eigenvalue weighted by Gasteiger charge is -2.22. The van der Waals surface area contributed by atoms with Gasteiger partial charge in [0.15, 0.2) is 5.60 Å². The number of fused-ring (bicyclic) bond motifs is 1. The Morgan fingerprint density at radius 1 is 1.22 bits per heavy atom. The first-order valence-corrected chi connectivity index (χ1v) is 9.23. The molecule has 2 aromatic carbocycles. The van der Waals surface area contributed by atoms with Crippen molar-refractivity contribution in [3.63, 3.8) is 0 Å². The van der Waals surface area contributed by atoms with Gasteiger partial charge in [-0.2, -0.15) is 0 Å². The minimum Gasteiger partial charge on any atom is -0.492 e. The number of ether oxygens (including phenoxy) is 1. The van der Waals surface area contributed by atoms with Gasteiger partial charge in [-0.05, 0) is 38.0 Å². The van der Waals surface area contributed by atoms with Crippen molar-refractivity contribution >= 4 is 29.0 Å². The first-order chi connectivity index (χ1) is 12.8. The average Bonchev–Trinajstić information content (AvgIpc) is 2.82. The molecule has 1 N–H and O–H groups in total. The first kappa shape index (κ1) is 19.4.